The van der Waals surface area contributed by atoms with E-state index < -0.39 is 0 Å². The maximum absolute atomic E-state index is 8.67. The zero-order valence-corrected chi connectivity index (χ0v) is 9.65. The van der Waals surface area contributed by atoms with Crippen molar-refractivity contribution in [3.63, 3.8) is 0 Å². The van der Waals surface area contributed by atoms with Crippen LogP contribution in [0.4, 0.5) is 5.69 Å². The Morgan fingerprint density at radius 1 is 1.12 bits per heavy atom. The van der Waals surface area contributed by atoms with E-state index in [2.05, 4.69) is 35.2 Å². The topological polar surface area (TPSA) is 27.0 Å². The van der Waals surface area contributed by atoms with E-state index in [-0.39, 0.29) is 0 Å². The lowest BCUT2D eigenvalue weighted by Gasteiger charge is -2.30. The van der Waals surface area contributed by atoms with Crippen LogP contribution in [0.1, 0.15) is 31.2 Å². The highest BCUT2D eigenvalue weighted by Crippen LogP contribution is 2.24. The smallest absolute Gasteiger partial charge is 0.0625 e. The average Bonchev–Trinajstić information content (AvgIpc) is 2.38. The summed E-state index contributed by atoms with van der Waals surface area (Å²) in [7, 11) is 0. The zero-order chi connectivity index (χ0) is 11.2. The van der Waals surface area contributed by atoms with Gasteiger partial charge in [0.2, 0.25) is 0 Å². The van der Waals surface area contributed by atoms with Crippen molar-refractivity contribution < 1.29 is 0 Å². The minimum absolute atomic E-state index is 0.616. The largest absolute Gasteiger partial charge is 0.371 e. The molecule has 0 aliphatic carbocycles. The summed E-state index contributed by atoms with van der Waals surface area (Å²) in [6.07, 6.45) is 5.45. The molecule has 0 radical (unpaired) electrons. The lowest BCUT2D eigenvalue weighted by Crippen LogP contribution is -2.30. The zero-order valence-electron chi connectivity index (χ0n) is 9.65. The van der Waals surface area contributed by atoms with Crippen molar-refractivity contribution in [1.82, 2.24) is 0 Å². The Bertz CT molecular complexity index is 373. The number of benzene rings is 1. The van der Waals surface area contributed by atoms with E-state index in [4.69, 9.17) is 5.26 Å². The van der Waals surface area contributed by atoms with Crippen molar-refractivity contribution in [2.24, 2.45) is 0 Å². The summed E-state index contributed by atoms with van der Waals surface area (Å²) >= 11 is 0. The first-order valence-corrected chi connectivity index (χ1v) is 6.11. The van der Waals surface area contributed by atoms with Gasteiger partial charge in [-0.05, 0) is 37.3 Å². The first kappa shape index (κ1) is 11.0. The van der Waals surface area contributed by atoms with Gasteiger partial charge in [0.1, 0.15) is 0 Å². The second kappa shape index (κ2) is 5.55. The Balaban J connectivity index is 2.14. The number of aryl methyl sites for hydroxylation is 1. The molecule has 1 aliphatic heterocycles. The molecule has 1 aromatic rings. The first-order chi connectivity index (χ1) is 7.92. The Morgan fingerprint density at radius 3 is 2.62 bits per heavy atom. The van der Waals surface area contributed by atoms with Gasteiger partial charge >= 0.3 is 0 Å². The molecule has 0 atom stereocenters. The molecule has 0 saturated carbocycles. The maximum Gasteiger partial charge on any atom is 0.0625 e. The van der Waals surface area contributed by atoms with Crippen molar-refractivity contribution in [3.8, 4) is 6.07 Å². The van der Waals surface area contributed by atoms with Gasteiger partial charge in [0.25, 0.3) is 0 Å². The molecule has 0 unspecified atom stereocenters. The van der Waals surface area contributed by atoms with Gasteiger partial charge < -0.3 is 4.90 Å². The standard InChI is InChI=1S/C14H18N2/c15-10-6-8-13-7-2-3-9-14(13)16-11-4-1-5-12-16/h2-3,7,9H,1,4-6,8,11-12H2. The van der Waals surface area contributed by atoms with Crippen molar-refractivity contribution in [2.45, 2.75) is 32.1 Å². The SMILES string of the molecule is N#CCCc1ccccc1N1CCCCC1. The van der Waals surface area contributed by atoms with Crippen molar-refractivity contribution in [1.29, 1.82) is 5.26 Å². The fraction of sp³-hybridized carbons (Fsp3) is 0.500. The molecule has 84 valence electrons. The monoisotopic (exact) mass is 214 g/mol. The highest BCUT2D eigenvalue weighted by Gasteiger charge is 2.13. The summed E-state index contributed by atoms with van der Waals surface area (Å²) in [4.78, 5) is 2.47. The number of nitrogens with zero attached hydrogens (tertiary/aromatic N) is 2. The summed E-state index contributed by atoms with van der Waals surface area (Å²) in [6.45, 7) is 2.34. The molecule has 0 bridgehead atoms. The predicted molar refractivity (Wildman–Crippen MR) is 66.4 cm³/mol. The third kappa shape index (κ3) is 2.55. The minimum atomic E-state index is 0.616. The van der Waals surface area contributed by atoms with Crippen molar-refractivity contribution >= 4 is 5.69 Å². The Morgan fingerprint density at radius 2 is 1.88 bits per heavy atom. The van der Waals surface area contributed by atoms with Gasteiger partial charge in [-0.25, -0.2) is 0 Å². The van der Waals surface area contributed by atoms with Crippen LogP contribution < -0.4 is 4.90 Å². The fourth-order valence-electron chi connectivity index (χ4n) is 2.36. The molecule has 0 N–H and O–H groups in total. The molecule has 2 rings (SSSR count). The molecule has 2 nitrogen and oxygen atoms in total. The van der Waals surface area contributed by atoms with Gasteiger partial charge in [0.15, 0.2) is 0 Å². The molecular formula is C14H18N2. The van der Waals surface area contributed by atoms with E-state index in [1.165, 1.54) is 43.6 Å². The number of anilines is 1. The van der Waals surface area contributed by atoms with Crippen LogP contribution in [-0.2, 0) is 6.42 Å². The van der Waals surface area contributed by atoms with E-state index in [0.717, 1.165) is 6.42 Å². The Labute approximate surface area is 97.5 Å². The second-order valence-corrected chi connectivity index (χ2v) is 4.33. The number of nitriles is 1. The molecule has 0 spiro atoms. The predicted octanol–water partition coefficient (Wildman–Crippen LogP) is 3.13. The molecule has 1 fully saturated rings. The quantitative estimate of drug-likeness (QED) is 0.773. The molecule has 1 saturated heterocycles. The lowest BCUT2D eigenvalue weighted by atomic mass is 10.0. The minimum Gasteiger partial charge on any atom is -0.371 e. The number of para-hydroxylation sites is 1. The molecule has 1 aliphatic rings. The van der Waals surface area contributed by atoms with Crippen LogP contribution in [0.2, 0.25) is 0 Å². The summed E-state index contributed by atoms with van der Waals surface area (Å²) in [5.74, 6) is 0. The summed E-state index contributed by atoms with van der Waals surface area (Å²) in [5.41, 5.74) is 2.67. The van der Waals surface area contributed by atoms with Crippen LogP contribution in [0.15, 0.2) is 24.3 Å². The van der Waals surface area contributed by atoms with Gasteiger partial charge in [-0.15, -0.1) is 0 Å². The second-order valence-electron chi connectivity index (χ2n) is 4.33. The van der Waals surface area contributed by atoms with Gasteiger partial charge in [0, 0.05) is 25.2 Å². The average molecular weight is 214 g/mol. The van der Waals surface area contributed by atoms with Crippen LogP contribution in [0, 0.1) is 11.3 Å². The third-order valence-corrected chi connectivity index (χ3v) is 3.19. The molecular weight excluding hydrogens is 196 g/mol. The molecule has 16 heavy (non-hydrogen) atoms. The summed E-state index contributed by atoms with van der Waals surface area (Å²) in [6, 6.07) is 10.7. The molecule has 2 heteroatoms. The maximum atomic E-state index is 8.67. The fourth-order valence-corrected chi connectivity index (χ4v) is 2.36. The molecule has 1 aromatic carbocycles. The third-order valence-electron chi connectivity index (χ3n) is 3.19. The number of hydrogen-bond donors (Lipinski definition) is 0. The number of hydrogen-bond acceptors (Lipinski definition) is 2. The normalized spacial score (nSPS) is 15.8. The van der Waals surface area contributed by atoms with Crippen LogP contribution in [-0.4, -0.2) is 13.1 Å². The highest BCUT2D eigenvalue weighted by atomic mass is 15.1. The van der Waals surface area contributed by atoms with Crippen molar-refractivity contribution in [3.05, 3.63) is 29.8 Å². The Kier molecular flexibility index (Phi) is 3.82. The van der Waals surface area contributed by atoms with Crippen LogP contribution >= 0.6 is 0 Å². The van der Waals surface area contributed by atoms with E-state index >= 15 is 0 Å². The van der Waals surface area contributed by atoms with E-state index in [1.54, 1.807) is 0 Å². The van der Waals surface area contributed by atoms with E-state index in [1.807, 2.05) is 0 Å². The van der Waals surface area contributed by atoms with Crippen LogP contribution in [0.3, 0.4) is 0 Å². The lowest BCUT2D eigenvalue weighted by molar-refractivity contribution is 0.576. The number of rotatable bonds is 3. The molecule has 0 aromatic heterocycles. The first-order valence-electron chi connectivity index (χ1n) is 6.11. The molecule has 0 amide bonds. The number of piperidine rings is 1. The van der Waals surface area contributed by atoms with Crippen LogP contribution in [0.5, 0.6) is 0 Å². The van der Waals surface area contributed by atoms with Gasteiger partial charge in [-0.3, -0.25) is 0 Å². The van der Waals surface area contributed by atoms with Crippen LogP contribution in [0.25, 0.3) is 0 Å². The van der Waals surface area contributed by atoms with Crippen molar-refractivity contribution in [2.75, 3.05) is 18.0 Å². The van der Waals surface area contributed by atoms with E-state index in [9.17, 15) is 0 Å². The summed E-state index contributed by atoms with van der Waals surface area (Å²) < 4.78 is 0. The van der Waals surface area contributed by atoms with Gasteiger partial charge in [-0.1, -0.05) is 18.2 Å². The van der Waals surface area contributed by atoms with Gasteiger partial charge in [0.05, 0.1) is 6.07 Å². The highest BCUT2D eigenvalue weighted by molar-refractivity contribution is 5.54. The van der Waals surface area contributed by atoms with Gasteiger partial charge in [-0.2, -0.15) is 5.26 Å². The Hall–Kier alpha value is -1.49. The summed E-state index contributed by atoms with van der Waals surface area (Å²) in [5, 5.41) is 8.67. The van der Waals surface area contributed by atoms with E-state index in [0.29, 0.717) is 6.42 Å². The molecule has 1 heterocycles.